The van der Waals surface area contributed by atoms with Gasteiger partial charge < -0.3 is 15.1 Å². The smallest absolute Gasteiger partial charge is 0.274 e. The molecule has 0 aliphatic rings. The van der Waals surface area contributed by atoms with E-state index >= 15 is 0 Å². The molecule has 0 aromatic carbocycles. The second-order valence-electron chi connectivity index (χ2n) is 3.06. The minimum Gasteiger partial charge on any atom is -0.427 e. The predicted molar refractivity (Wildman–Crippen MR) is 56.6 cm³/mol. The number of aliphatic hydroxyl groups is 1. The van der Waals surface area contributed by atoms with E-state index in [9.17, 15) is 15.3 Å². The minimum absolute atomic E-state index is 0.0726. The molecule has 94 valence electrons. The highest BCUT2D eigenvalue weighted by Gasteiger charge is 2.05. The molecular weight excluding hydrogens is 230 g/mol. The van der Waals surface area contributed by atoms with E-state index in [-0.39, 0.29) is 37.5 Å². The average molecular weight is 243 g/mol. The zero-order chi connectivity index (χ0) is 12.7. The maximum absolute atomic E-state index is 10.5. The molecule has 8 nitrogen and oxygen atoms in total. The summed E-state index contributed by atoms with van der Waals surface area (Å²) in [6, 6.07) is 2.33. The number of hydrogen-bond acceptors (Lipinski definition) is 6. The number of aliphatic hydroxyl groups excluding tert-OH is 1. The van der Waals surface area contributed by atoms with Gasteiger partial charge in [-0.25, -0.2) is 0 Å². The van der Waals surface area contributed by atoms with Gasteiger partial charge in [0.2, 0.25) is 0 Å². The van der Waals surface area contributed by atoms with Gasteiger partial charge in [0.1, 0.15) is 0 Å². The third-order valence-electron chi connectivity index (χ3n) is 1.85. The quantitative estimate of drug-likeness (QED) is 0.304. The van der Waals surface area contributed by atoms with Crippen molar-refractivity contribution in [1.82, 2.24) is 4.73 Å². The Morgan fingerprint density at radius 3 is 2.94 bits per heavy atom. The highest BCUT2D eigenvalue weighted by atomic mass is 16.6. The van der Waals surface area contributed by atoms with Crippen molar-refractivity contribution >= 4 is 5.69 Å². The summed E-state index contributed by atoms with van der Waals surface area (Å²) in [5, 5.41) is 28.3. The highest BCUT2D eigenvalue weighted by molar-refractivity contribution is 5.25. The van der Waals surface area contributed by atoms with Crippen molar-refractivity contribution in [2.24, 2.45) is 4.99 Å². The summed E-state index contributed by atoms with van der Waals surface area (Å²) in [6.45, 7) is 0.644. The Labute approximate surface area is 96.5 Å². The zero-order valence-electron chi connectivity index (χ0n) is 9.02. The number of hydrogen-bond donors (Lipinski definition) is 2. The first-order valence-corrected chi connectivity index (χ1v) is 4.90. The van der Waals surface area contributed by atoms with Crippen LogP contribution < -0.4 is 5.49 Å². The van der Waals surface area contributed by atoms with Crippen LogP contribution in [0.15, 0.2) is 23.3 Å². The Balaban J connectivity index is 2.71. The zero-order valence-corrected chi connectivity index (χ0v) is 9.02. The third-order valence-corrected chi connectivity index (χ3v) is 1.85. The van der Waals surface area contributed by atoms with E-state index in [4.69, 9.17) is 9.84 Å². The molecule has 1 aromatic rings. The van der Waals surface area contributed by atoms with E-state index < -0.39 is 4.92 Å². The van der Waals surface area contributed by atoms with Crippen LogP contribution >= 0.6 is 0 Å². The van der Waals surface area contributed by atoms with Gasteiger partial charge in [-0.05, 0) is 0 Å². The van der Waals surface area contributed by atoms with Crippen molar-refractivity contribution < 1.29 is 20.0 Å². The van der Waals surface area contributed by atoms with Crippen molar-refractivity contribution in [1.29, 1.82) is 0 Å². The summed E-state index contributed by atoms with van der Waals surface area (Å²) in [4.78, 5) is 13.9. The fourth-order valence-electron chi connectivity index (χ4n) is 1.09. The van der Waals surface area contributed by atoms with E-state index in [1.807, 2.05) is 0 Å². The number of ether oxygens (including phenoxy) is 1. The van der Waals surface area contributed by atoms with Crippen LogP contribution in [0.1, 0.15) is 0 Å². The molecule has 0 atom stereocenters. The lowest BCUT2D eigenvalue weighted by Crippen LogP contribution is -2.19. The molecule has 0 amide bonds. The number of nitrogens with zero attached hydrogens (tertiary/aromatic N) is 3. The topological polar surface area (TPSA) is 110 Å². The van der Waals surface area contributed by atoms with Crippen LogP contribution in [0, 0.1) is 10.1 Å². The molecule has 17 heavy (non-hydrogen) atoms. The summed E-state index contributed by atoms with van der Waals surface area (Å²) in [5.74, 6) is 0. The molecule has 0 fully saturated rings. The second-order valence-corrected chi connectivity index (χ2v) is 3.06. The summed E-state index contributed by atoms with van der Waals surface area (Å²) < 4.78 is 5.65. The van der Waals surface area contributed by atoms with Gasteiger partial charge in [-0.15, -0.1) is 0 Å². The Bertz CT molecular complexity index is 443. The number of nitro groups is 1. The molecule has 1 heterocycles. The summed E-state index contributed by atoms with van der Waals surface area (Å²) >= 11 is 0. The second kappa shape index (κ2) is 6.61. The fraction of sp³-hybridized carbons (Fsp3) is 0.444. The van der Waals surface area contributed by atoms with Gasteiger partial charge in [0.05, 0.1) is 43.6 Å². The minimum atomic E-state index is -0.568. The van der Waals surface area contributed by atoms with E-state index in [0.717, 1.165) is 12.3 Å². The van der Waals surface area contributed by atoms with Crippen molar-refractivity contribution in [3.8, 4) is 0 Å². The molecule has 2 N–H and O–H groups in total. The lowest BCUT2D eigenvalue weighted by molar-refractivity contribution is -0.385. The fourth-order valence-corrected chi connectivity index (χ4v) is 1.09. The maximum atomic E-state index is 10.5. The van der Waals surface area contributed by atoms with E-state index in [0.29, 0.717) is 4.73 Å². The Morgan fingerprint density at radius 2 is 2.29 bits per heavy atom. The van der Waals surface area contributed by atoms with Crippen LogP contribution in [0.25, 0.3) is 0 Å². The SMILES string of the molecule is O=[N+]([O-])c1ccn(O)c(=NCCOCCO)c1. The monoisotopic (exact) mass is 243 g/mol. The van der Waals surface area contributed by atoms with Crippen molar-refractivity contribution in [2.75, 3.05) is 26.4 Å². The van der Waals surface area contributed by atoms with Gasteiger partial charge in [0.25, 0.3) is 5.69 Å². The molecule has 0 aliphatic heterocycles. The number of aromatic nitrogens is 1. The molecule has 1 rings (SSSR count). The lowest BCUT2D eigenvalue weighted by Gasteiger charge is -2.00. The molecule has 0 aliphatic carbocycles. The first-order chi connectivity index (χ1) is 8.15. The molecule has 1 aromatic heterocycles. The molecule has 0 saturated carbocycles. The Kier molecular flexibility index (Phi) is 5.11. The highest BCUT2D eigenvalue weighted by Crippen LogP contribution is 2.04. The van der Waals surface area contributed by atoms with Gasteiger partial charge in [-0.1, -0.05) is 0 Å². The molecule has 0 spiro atoms. The van der Waals surface area contributed by atoms with Gasteiger partial charge >= 0.3 is 0 Å². The average Bonchev–Trinajstić information content (AvgIpc) is 2.30. The van der Waals surface area contributed by atoms with E-state index in [1.54, 1.807) is 0 Å². The van der Waals surface area contributed by atoms with Gasteiger partial charge in [-0.3, -0.25) is 15.1 Å². The van der Waals surface area contributed by atoms with Crippen molar-refractivity contribution in [3.63, 3.8) is 0 Å². The van der Waals surface area contributed by atoms with Crippen LogP contribution in [0.4, 0.5) is 5.69 Å². The molecular formula is C9H13N3O5. The Hall–Kier alpha value is -1.93. The molecule has 0 saturated heterocycles. The van der Waals surface area contributed by atoms with Crippen LogP contribution in [-0.2, 0) is 4.74 Å². The summed E-state index contributed by atoms with van der Waals surface area (Å²) in [6.07, 6.45) is 1.14. The van der Waals surface area contributed by atoms with Crippen LogP contribution in [-0.4, -0.2) is 46.3 Å². The predicted octanol–water partition coefficient (Wildman–Crippen LogP) is -0.457. The van der Waals surface area contributed by atoms with E-state index in [2.05, 4.69) is 4.99 Å². The molecule has 0 bridgehead atoms. The van der Waals surface area contributed by atoms with Gasteiger partial charge in [-0.2, -0.15) is 4.73 Å². The maximum Gasteiger partial charge on any atom is 0.274 e. The van der Waals surface area contributed by atoms with Crippen molar-refractivity contribution in [2.45, 2.75) is 0 Å². The first kappa shape index (κ1) is 13.1. The van der Waals surface area contributed by atoms with Gasteiger partial charge in [0, 0.05) is 6.07 Å². The van der Waals surface area contributed by atoms with Crippen LogP contribution in [0.5, 0.6) is 0 Å². The first-order valence-electron chi connectivity index (χ1n) is 4.90. The normalized spacial score (nSPS) is 11.7. The lowest BCUT2D eigenvalue weighted by atomic mass is 10.4. The molecule has 0 unspecified atom stereocenters. The summed E-state index contributed by atoms with van der Waals surface area (Å²) in [5.41, 5.74) is -0.0721. The third kappa shape index (κ3) is 4.21. The number of rotatable bonds is 6. The van der Waals surface area contributed by atoms with E-state index in [1.165, 1.54) is 6.07 Å². The van der Waals surface area contributed by atoms with Crippen molar-refractivity contribution in [3.05, 3.63) is 33.9 Å². The summed E-state index contributed by atoms with van der Waals surface area (Å²) in [7, 11) is 0. The molecule has 0 radical (unpaired) electrons. The Morgan fingerprint density at radius 1 is 1.53 bits per heavy atom. The van der Waals surface area contributed by atoms with Crippen LogP contribution in [0.2, 0.25) is 0 Å². The van der Waals surface area contributed by atoms with Gasteiger partial charge in [0.15, 0.2) is 5.49 Å². The van der Waals surface area contributed by atoms with Crippen LogP contribution in [0.3, 0.4) is 0 Å². The standard InChI is InChI=1S/C9H13N3O5/c13-4-6-17-5-2-10-9-7-8(12(15)16)1-3-11(9)14/h1,3,7,13-14H,2,4-6H2. The largest absolute Gasteiger partial charge is 0.427 e. The molecule has 8 heteroatoms. The number of pyridine rings is 1.